The van der Waals surface area contributed by atoms with Gasteiger partial charge in [0.2, 0.25) is 0 Å². The number of oxime groups is 1. The fourth-order valence-corrected chi connectivity index (χ4v) is 2.32. The summed E-state index contributed by atoms with van der Waals surface area (Å²) in [7, 11) is 0. The van der Waals surface area contributed by atoms with Crippen molar-refractivity contribution in [2.45, 2.75) is 38.6 Å². The van der Waals surface area contributed by atoms with Crippen molar-refractivity contribution in [1.82, 2.24) is 4.90 Å². The van der Waals surface area contributed by atoms with Crippen LogP contribution in [0.25, 0.3) is 0 Å². The molecule has 0 saturated carbocycles. The number of nitrogens with two attached hydrogens (primary N) is 1. The maximum absolute atomic E-state index is 9.01. The van der Waals surface area contributed by atoms with Gasteiger partial charge in [0.05, 0.1) is 0 Å². The van der Waals surface area contributed by atoms with E-state index < -0.39 is 0 Å². The standard InChI is InChI=1S/C11H23N3O2/c1-9(11(12)13-16)8-14-6-3-2-4-10(14)5-7-15/h9-10,15-16H,2-8H2,1H3,(H2,12,13). The number of aliphatic hydroxyl groups excluding tert-OH is 1. The first-order valence-electron chi connectivity index (χ1n) is 6.01. The van der Waals surface area contributed by atoms with Gasteiger partial charge < -0.3 is 16.0 Å². The lowest BCUT2D eigenvalue weighted by atomic mass is 9.98. The molecule has 1 heterocycles. The monoisotopic (exact) mass is 229 g/mol. The minimum atomic E-state index is 0.0595. The first-order chi connectivity index (χ1) is 7.69. The Morgan fingerprint density at radius 2 is 2.31 bits per heavy atom. The van der Waals surface area contributed by atoms with Gasteiger partial charge >= 0.3 is 0 Å². The molecule has 0 bridgehead atoms. The van der Waals surface area contributed by atoms with Crippen LogP contribution in [0.4, 0.5) is 0 Å². The molecule has 0 aromatic carbocycles. The molecule has 0 amide bonds. The highest BCUT2D eigenvalue weighted by Crippen LogP contribution is 2.20. The largest absolute Gasteiger partial charge is 0.409 e. The van der Waals surface area contributed by atoms with Crippen molar-refractivity contribution in [3.05, 3.63) is 0 Å². The predicted octanol–water partition coefficient (Wildman–Crippen LogP) is 0.606. The highest BCUT2D eigenvalue weighted by Gasteiger charge is 2.24. The number of amidine groups is 1. The van der Waals surface area contributed by atoms with Gasteiger partial charge in [0.25, 0.3) is 0 Å². The molecule has 0 aliphatic carbocycles. The molecule has 0 aromatic heterocycles. The molecule has 16 heavy (non-hydrogen) atoms. The molecule has 0 radical (unpaired) electrons. The van der Waals surface area contributed by atoms with Crippen molar-refractivity contribution in [1.29, 1.82) is 0 Å². The van der Waals surface area contributed by atoms with E-state index in [4.69, 9.17) is 16.0 Å². The Kier molecular flexibility index (Phi) is 5.55. The van der Waals surface area contributed by atoms with E-state index in [1.807, 2.05) is 6.92 Å². The molecule has 0 aromatic rings. The van der Waals surface area contributed by atoms with Crippen LogP contribution in [0.15, 0.2) is 5.16 Å². The normalized spacial score (nSPS) is 25.6. The summed E-state index contributed by atoms with van der Waals surface area (Å²) in [6.07, 6.45) is 4.40. The summed E-state index contributed by atoms with van der Waals surface area (Å²) >= 11 is 0. The number of piperidine rings is 1. The van der Waals surface area contributed by atoms with Gasteiger partial charge in [-0.05, 0) is 25.8 Å². The molecule has 1 rings (SSSR count). The topological polar surface area (TPSA) is 82.1 Å². The Morgan fingerprint density at radius 1 is 1.56 bits per heavy atom. The van der Waals surface area contributed by atoms with E-state index in [1.165, 1.54) is 12.8 Å². The van der Waals surface area contributed by atoms with Crippen molar-refractivity contribution in [2.24, 2.45) is 16.8 Å². The summed E-state index contributed by atoms with van der Waals surface area (Å²) < 4.78 is 0. The first kappa shape index (κ1) is 13.3. The zero-order chi connectivity index (χ0) is 12.0. The summed E-state index contributed by atoms with van der Waals surface area (Å²) in [5.41, 5.74) is 5.58. The molecule has 2 unspecified atom stereocenters. The van der Waals surface area contributed by atoms with Crippen LogP contribution in [0, 0.1) is 5.92 Å². The lowest BCUT2D eigenvalue weighted by Crippen LogP contribution is -2.44. The number of aliphatic hydroxyl groups is 1. The summed E-state index contributed by atoms with van der Waals surface area (Å²) in [6, 6.07) is 0.452. The van der Waals surface area contributed by atoms with Gasteiger partial charge in [-0.3, -0.25) is 4.90 Å². The number of hydrogen-bond acceptors (Lipinski definition) is 4. The van der Waals surface area contributed by atoms with E-state index in [1.54, 1.807) is 0 Å². The third-order valence-electron chi connectivity index (χ3n) is 3.34. The van der Waals surface area contributed by atoms with E-state index >= 15 is 0 Å². The Bertz CT molecular complexity index is 231. The van der Waals surface area contributed by atoms with Gasteiger partial charge in [-0.25, -0.2) is 0 Å². The van der Waals surface area contributed by atoms with Crippen molar-refractivity contribution in [3.63, 3.8) is 0 Å². The van der Waals surface area contributed by atoms with Gasteiger partial charge in [-0.1, -0.05) is 18.5 Å². The smallest absolute Gasteiger partial charge is 0.143 e. The average molecular weight is 229 g/mol. The molecule has 94 valence electrons. The van der Waals surface area contributed by atoms with E-state index in [9.17, 15) is 0 Å². The van der Waals surface area contributed by atoms with Crippen LogP contribution in [-0.4, -0.2) is 46.8 Å². The molecule has 4 N–H and O–H groups in total. The summed E-state index contributed by atoms with van der Waals surface area (Å²) in [5, 5.41) is 20.7. The van der Waals surface area contributed by atoms with Crippen LogP contribution in [0.2, 0.25) is 0 Å². The van der Waals surface area contributed by atoms with Crippen LogP contribution >= 0.6 is 0 Å². The van der Waals surface area contributed by atoms with E-state index in [-0.39, 0.29) is 18.4 Å². The van der Waals surface area contributed by atoms with Crippen LogP contribution < -0.4 is 5.73 Å². The van der Waals surface area contributed by atoms with E-state index in [2.05, 4.69) is 10.1 Å². The summed E-state index contributed by atoms with van der Waals surface area (Å²) in [6.45, 7) is 4.05. The molecule has 2 atom stereocenters. The number of likely N-dealkylation sites (tertiary alicyclic amines) is 1. The second-order valence-corrected chi connectivity index (χ2v) is 4.58. The molecule has 1 saturated heterocycles. The third kappa shape index (κ3) is 3.64. The van der Waals surface area contributed by atoms with Crippen molar-refractivity contribution in [2.75, 3.05) is 19.7 Å². The highest BCUT2D eigenvalue weighted by molar-refractivity contribution is 5.82. The van der Waals surface area contributed by atoms with Gasteiger partial charge in [0.15, 0.2) is 0 Å². The van der Waals surface area contributed by atoms with E-state index in [0.717, 1.165) is 25.9 Å². The Morgan fingerprint density at radius 3 is 2.94 bits per heavy atom. The van der Waals surface area contributed by atoms with Crippen molar-refractivity contribution in [3.8, 4) is 0 Å². The molecular weight excluding hydrogens is 206 g/mol. The number of rotatable bonds is 5. The lowest BCUT2D eigenvalue weighted by molar-refractivity contribution is 0.112. The fraction of sp³-hybridized carbons (Fsp3) is 0.909. The average Bonchev–Trinajstić information content (AvgIpc) is 2.31. The third-order valence-corrected chi connectivity index (χ3v) is 3.34. The molecule has 1 fully saturated rings. The zero-order valence-corrected chi connectivity index (χ0v) is 9.97. The Balaban J connectivity index is 2.48. The molecule has 1 aliphatic heterocycles. The summed E-state index contributed by atoms with van der Waals surface area (Å²) in [5.74, 6) is 0.345. The van der Waals surface area contributed by atoms with Gasteiger partial charge in [-0.2, -0.15) is 0 Å². The van der Waals surface area contributed by atoms with Gasteiger partial charge in [-0.15, -0.1) is 0 Å². The predicted molar refractivity (Wildman–Crippen MR) is 63.5 cm³/mol. The Hall–Kier alpha value is -0.810. The quantitative estimate of drug-likeness (QED) is 0.279. The highest BCUT2D eigenvalue weighted by atomic mass is 16.4. The van der Waals surface area contributed by atoms with Crippen LogP contribution in [0.5, 0.6) is 0 Å². The van der Waals surface area contributed by atoms with Crippen LogP contribution in [-0.2, 0) is 0 Å². The molecule has 1 aliphatic rings. The van der Waals surface area contributed by atoms with Crippen LogP contribution in [0.3, 0.4) is 0 Å². The zero-order valence-electron chi connectivity index (χ0n) is 9.97. The maximum atomic E-state index is 9.01. The summed E-state index contributed by atoms with van der Waals surface area (Å²) in [4.78, 5) is 2.35. The van der Waals surface area contributed by atoms with E-state index in [0.29, 0.717) is 6.04 Å². The number of nitrogens with zero attached hydrogens (tertiary/aromatic N) is 2. The molecular formula is C11H23N3O2. The molecule has 5 nitrogen and oxygen atoms in total. The second kappa shape index (κ2) is 6.70. The first-order valence-corrected chi connectivity index (χ1v) is 6.01. The van der Waals surface area contributed by atoms with Crippen molar-refractivity contribution < 1.29 is 10.3 Å². The van der Waals surface area contributed by atoms with Crippen molar-refractivity contribution >= 4 is 5.84 Å². The minimum absolute atomic E-state index is 0.0595. The maximum Gasteiger partial charge on any atom is 0.143 e. The fourth-order valence-electron chi connectivity index (χ4n) is 2.32. The molecule has 0 spiro atoms. The lowest BCUT2D eigenvalue weighted by Gasteiger charge is -2.36. The Labute approximate surface area is 96.9 Å². The molecule has 5 heteroatoms. The minimum Gasteiger partial charge on any atom is -0.409 e. The van der Waals surface area contributed by atoms with Gasteiger partial charge in [0.1, 0.15) is 5.84 Å². The second-order valence-electron chi connectivity index (χ2n) is 4.58. The SMILES string of the molecule is CC(CN1CCCCC1CCO)/C(N)=N/O. The van der Waals surface area contributed by atoms with Crippen LogP contribution in [0.1, 0.15) is 32.6 Å². The number of hydrogen-bond donors (Lipinski definition) is 3. The van der Waals surface area contributed by atoms with Gasteiger partial charge in [0, 0.05) is 25.1 Å².